The van der Waals surface area contributed by atoms with Crippen LogP contribution in [0.2, 0.25) is 0 Å². The van der Waals surface area contributed by atoms with Gasteiger partial charge >= 0.3 is 0 Å². The molecule has 1 aliphatic heterocycles. The number of nitrogens with two attached hydrogens (primary N) is 1. The van der Waals surface area contributed by atoms with Gasteiger partial charge in [-0.15, -0.1) is 0 Å². The molecule has 0 aromatic carbocycles. The summed E-state index contributed by atoms with van der Waals surface area (Å²) in [7, 11) is 4.09. The third-order valence-electron chi connectivity index (χ3n) is 3.85. The van der Waals surface area contributed by atoms with Crippen molar-refractivity contribution in [2.45, 2.75) is 32.6 Å². The summed E-state index contributed by atoms with van der Waals surface area (Å²) in [6.45, 7) is 4.96. The van der Waals surface area contributed by atoms with Gasteiger partial charge in [0.15, 0.2) is 0 Å². The third-order valence-corrected chi connectivity index (χ3v) is 3.85. The fraction of sp³-hybridized carbons (Fsp3) is 0.786. The molecule has 0 bridgehead atoms. The van der Waals surface area contributed by atoms with Gasteiger partial charge < -0.3 is 15.4 Å². The Bertz CT molecular complexity index is 410. The molecule has 2 rings (SSSR count). The Morgan fingerprint density at radius 2 is 2.11 bits per heavy atom. The zero-order chi connectivity index (χ0) is 13.8. The number of hydrogen-bond acceptors (Lipinski definition) is 4. The summed E-state index contributed by atoms with van der Waals surface area (Å²) in [5.74, 6) is 1.75. The standard InChI is InChI=1S/C14H26N4O/c1-4-5-12-13(15)14(18(3)16-12)17(2)10-11-6-8-19-9-7-11/h11H,4-10,15H2,1-3H3. The quantitative estimate of drug-likeness (QED) is 0.883. The zero-order valence-corrected chi connectivity index (χ0v) is 12.4. The highest BCUT2D eigenvalue weighted by atomic mass is 16.5. The van der Waals surface area contributed by atoms with Gasteiger partial charge in [0, 0.05) is 33.9 Å². The van der Waals surface area contributed by atoms with Crippen LogP contribution in [0.1, 0.15) is 31.9 Å². The predicted molar refractivity (Wildman–Crippen MR) is 78.4 cm³/mol. The molecule has 0 saturated carbocycles. The summed E-state index contributed by atoms with van der Waals surface area (Å²) < 4.78 is 7.33. The maximum atomic E-state index is 6.25. The van der Waals surface area contributed by atoms with E-state index in [1.165, 1.54) is 0 Å². The van der Waals surface area contributed by atoms with E-state index in [4.69, 9.17) is 10.5 Å². The largest absolute Gasteiger partial charge is 0.394 e. The molecule has 2 heterocycles. The predicted octanol–water partition coefficient (Wildman–Crippen LogP) is 1.82. The average Bonchev–Trinajstić information content (AvgIpc) is 2.66. The van der Waals surface area contributed by atoms with Gasteiger partial charge in [0.25, 0.3) is 0 Å². The molecule has 5 heteroatoms. The number of ether oxygens (including phenoxy) is 1. The SMILES string of the molecule is CCCc1nn(C)c(N(C)CC2CCOCC2)c1N. The Kier molecular flexibility index (Phi) is 4.69. The van der Waals surface area contributed by atoms with Gasteiger partial charge in [-0.1, -0.05) is 13.3 Å². The van der Waals surface area contributed by atoms with E-state index >= 15 is 0 Å². The van der Waals surface area contributed by atoms with Gasteiger partial charge in [-0.25, -0.2) is 0 Å². The second-order valence-electron chi connectivity index (χ2n) is 5.49. The van der Waals surface area contributed by atoms with E-state index in [0.717, 1.165) is 62.6 Å². The van der Waals surface area contributed by atoms with Crippen LogP contribution in [0.15, 0.2) is 0 Å². The van der Waals surface area contributed by atoms with Gasteiger partial charge in [-0.05, 0) is 25.2 Å². The summed E-state index contributed by atoms with van der Waals surface area (Å²) in [5, 5.41) is 4.54. The molecule has 1 fully saturated rings. The molecule has 0 amide bonds. The lowest BCUT2D eigenvalue weighted by Crippen LogP contribution is -2.31. The van der Waals surface area contributed by atoms with Crippen molar-refractivity contribution >= 4 is 11.5 Å². The van der Waals surface area contributed by atoms with Crippen LogP contribution < -0.4 is 10.6 Å². The average molecular weight is 266 g/mol. The fourth-order valence-corrected chi connectivity index (χ4v) is 2.86. The summed E-state index contributed by atoms with van der Waals surface area (Å²) >= 11 is 0. The van der Waals surface area contributed by atoms with E-state index in [-0.39, 0.29) is 0 Å². The van der Waals surface area contributed by atoms with Crippen LogP contribution in [0.5, 0.6) is 0 Å². The van der Waals surface area contributed by atoms with E-state index < -0.39 is 0 Å². The smallest absolute Gasteiger partial charge is 0.150 e. The number of hydrogen-bond donors (Lipinski definition) is 1. The molecule has 0 unspecified atom stereocenters. The molecule has 19 heavy (non-hydrogen) atoms. The van der Waals surface area contributed by atoms with Crippen molar-refractivity contribution in [3.05, 3.63) is 5.69 Å². The number of anilines is 2. The molecule has 2 N–H and O–H groups in total. The molecule has 5 nitrogen and oxygen atoms in total. The van der Waals surface area contributed by atoms with Crippen LogP contribution >= 0.6 is 0 Å². The third kappa shape index (κ3) is 3.21. The lowest BCUT2D eigenvalue weighted by Gasteiger charge is -2.28. The molecular weight excluding hydrogens is 240 g/mol. The molecule has 0 aliphatic carbocycles. The summed E-state index contributed by atoms with van der Waals surface area (Å²) in [6.07, 6.45) is 4.31. The van der Waals surface area contributed by atoms with Gasteiger partial charge in [0.05, 0.1) is 11.4 Å². The van der Waals surface area contributed by atoms with Gasteiger partial charge in [0.1, 0.15) is 5.82 Å². The lowest BCUT2D eigenvalue weighted by atomic mass is 10.00. The minimum absolute atomic E-state index is 0.697. The lowest BCUT2D eigenvalue weighted by molar-refractivity contribution is 0.0684. The Labute approximate surface area is 115 Å². The van der Waals surface area contributed by atoms with Crippen molar-refractivity contribution in [2.24, 2.45) is 13.0 Å². The molecular formula is C14H26N4O. The Balaban J connectivity index is 2.07. The number of nitrogens with zero attached hydrogens (tertiary/aromatic N) is 3. The maximum absolute atomic E-state index is 6.25. The topological polar surface area (TPSA) is 56.3 Å². The molecule has 108 valence electrons. The van der Waals surface area contributed by atoms with Crippen molar-refractivity contribution in [2.75, 3.05) is 37.4 Å². The van der Waals surface area contributed by atoms with Gasteiger partial charge in [-0.2, -0.15) is 5.10 Å². The minimum Gasteiger partial charge on any atom is -0.394 e. The first kappa shape index (κ1) is 14.2. The van der Waals surface area contributed by atoms with Gasteiger partial charge in [-0.3, -0.25) is 4.68 Å². The van der Waals surface area contributed by atoms with Crippen molar-refractivity contribution in [3.63, 3.8) is 0 Å². The highest BCUT2D eigenvalue weighted by Crippen LogP contribution is 2.28. The summed E-state index contributed by atoms with van der Waals surface area (Å²) in [5.41, 5.74) is 8.12. The molecule has 0 spiro atoms. The van der Waals surface area contributed by atoms with Crippen LogP contribution in [-0.4, -0.2) is 36.6 Å². The van der Waals surface area contributed by atoms with Crippen LogP contribution in [0.4, 0.5) is 11.5 Å². The second kappa shape index (κ2) is 6.28. The number of rotatable bonds is 5. The molecule has 1 aliphatic rings. The van der Waals surface area contributed by atoms with Crippen LogP contribution in [0, 0.1) is 5.92 Å². The van der Waals surface area contributed by atoms with E-state index in [0.29, 0.717) is 5.92 Å². The Hall–Kier alpha value is -1.23. The molecule has 1 aromatic heterocycles. The Morgan fingerprint density at radius 3 is 2.74 bits per heavy atom. The molecule has 1 saturated heterocycles. The van der Waals surface area contributed by atoms with Crippen molar-refractivity contribution in [3.8, 4) is 0 Å². The van der Waals surface area contributed by atoms with E-state index in [9.17, 15) is 0 Å². The highest BCUT2D eigenvalue weighted by Gasteiger charge is 2.20. The molecule has 1 aromatic rings. The summed E-state index contributed by atoms with van der Waals surface area (Å²) in [4.78, 5) is 2.25. The normalized spacial score (nSPS) is 16.8. The first-order valence-corrected chi connectivity index (χ1v) is 7.23. The van der Waals surface area contributed by atoms with Gasteiger partial charge in [0.2, 0.25) is 0 Å². The number of aromatic nitrogens is 2. The first-order chi connectivity index (χ1) is 9.13. The van der Waals surface area contributed by atoms with Crippen LogP contribution in [0.25, 0.3) is 0 Å². The van der Waals surface area contributed by atoms with Crippen molar-refractivity contribution < 1.29 is 4.74 Å². The number of aryl methyl sites for hydroxylation is 2. The molecule has 0 radical (unpaired) electrons. The summed E-state index contributed by atoms with van der Waals surface area (Å²) in [6, 6.07) is 0. The fourth-order valence-electron chi connectivity index (χ4n) is 2.86. The van der Waals surface area contributed by atoms with E-state index in [1.807, 2.05) is 11.7 Å². The first-order valence-electron chi connectivity index (χ1n) is 7.23. The Morgan fingerprint density at radius 1 is 1.42 bits per heavy atom. The van der Waals surface area contributed by atoms with Crippen LogP contribution in [0.3, 0.4) is 0 Å². The zero-order valence-electron chi connectivity index (χ0n) is 12.4. The monoisotopic (exact) mass is 266 g/mol. The molecule has 0 atom stereocenters. The van der Waals surface area contributed by atoms with Crippen LogP contribution in [-0.2, 0) is 18.2 Å². The van der Waals surface area contributed by atoms with E-state index in [1.54, 1.807) is 0 Å². The number of nitrogen functional groups attached to an aromatic ring is 1. The highest BCUT2D eigenvalue weighted by molar-refractivity contribution is 5.66. The van der Waals surface area contributed by atoms with Crippen molar-refractivity contribution in [1.29, 1.82) is 0 Å². The minimum atomic E-state index is 0.697. The maximum Gasteiger partial charge on any atom is 0.150 e. The second-order valence-corrected chi connectivity index (χ2v) is 5.49. The van der Waals surface area contributed by atoms with Crippen molar-refractivity contribution in [1.82, 2.24) is 9.78 Å². The van der Waals surface area contributed by atoms with E-state index in [2.05, 4.69) is 24.0 Å².